The molecule has 0 bridgehead atoms. The predicted octanol–water partition coefficient (Wildman–Crippen LogP) is 6.30. The number of aryl methyl sites for hydroxylation is 1. The Hall–Kier alpha value is -4.18. The lowest BCUT2D eigenvalue weighted by Crippen LogP contribution is -2.26. The highest BCUT2D eigenvalue weighted by Gasteiger charge is 2.24. The van der Waals surface area contributed by atoms with Crippen molar-refractivity contribution in [1.82, 2.24) is 8.87 Å². The van der Waals surface area contributed by atoms with Gasteiger partial charge < -0.3 is 0 Å². The normalized spacial score (nSPS) is 11.6. The fourth-order valence-electron chi connectivity index (χ4n) is 4.75. The van der Waals surface area contributed by atoms with Crippen molar-refractivity contribution in [2.24, 2.45) is 0 Å². The van der Waals surface area contributed by atoms with Crippen molar-refractivity contribution in [3.05, 3.63) is 137 Å². The van der Waals surface area contributed by atoms with Gasteiger partial charge in [-0.25, -0.2) is 12.4 Å². The van der Waals surface area contributed by atoms with Crippen molar-refractivity contribution < 1.29 is 8.42 Å². The van der Waals surface area contributed by atoms with E-state index in [-0.39, 0.29) is 4.90 Å². The molecule has 0 aliphatic heterocycles. The van der Waals surface area contributed by atoms with E-state index in [4.69, 9.17) is 0 Å². The van der Waals surface area contributed by atoms with Gasteiger partial charge in [-0.1, -0.05) is 84.4 Å². The first kappa shape index (κ1) is 25.5. The SMILES string of the molecule is Cc1ccc(S(=O)(=O)n2c(CCN(Cc3ccccc3)Cc3ccccc3)cc3ccc(C#N)cc32)cc1. The molecule has 0 aliphatic carbocycles. The highest BCUT2D eigenvalue weighted by atomic mass is 32.2. The lowest BCUT2D eigenvalue weighted by atomic mass is 10.1. The maximum absolute atomic E-state index is 13.9. The van der Waals surface area contributed by atoms with Gasteiger partial charge in [0.15, 0.2) is 0 Å². The topological polar surface area (TPSA) is 66.1 Å². The highest BCUT2D eigenvalue weighted by Crippen LogP contribution is 2.28. The van der Waals surface area contributed by atoms with Crippen molar-refractivity contribution >= 4 is 20.9 Å². The minimum Gasteiger partial charge on any atom is -0.294 e. The Morgan fingerprint density at radius 2 is 1.39 bits per heavy atom. The summed E-state index contributed by atoms with van der Waals surface area (Å²) in [4.78, 5) is 2.57. The van der Waals surface area contributed by atoms with Crippen LogP contribution in [0.1, 0.15) is 27.9 Å². The molecule has 0 spiro atoms. The summed E-state index contributed by atoms with van der Waals surface area (Å²) in [5, 5.41) is 10.3. The molecular formula is C32H29N3O2S. The number of benzene rings is 4. The van der Waals surface area contributed by atoms with Crippen LogP contribution in [0.15, 0.2) is 114 Å². The average Bonchev–Trinajstić information content (AvgIpc) is 3.31. The molecule has 0 atom stereocenters. The Labute approximate surface area is 224 Å². The van der Waals surface area contributed by atoms with Crippen LogP contribution in [0.25, 0.3) is 10.9 Å². The smallest absolute Gasteiger partial charge is 0.268 e. The molecule has 1 heterocycles. The lowest BCUT2D eigenvalue weighted by Gasteiger charge is -2.23. The summed E-state index contributed by atoms with van der Waals surface area (Å²) < 4.78 is 29.3. The second-order valence-electron chi connectivity index (χ2n) is 9.54. The van der Waals surface area contributed by atoms with Gasteiger partial charge in [0, 0.05) is 37.1 Å². The molecule has 0 N–H and O–H groups in total. The monoisotopic (exact) mass is 519 g/mol. The van der Waals surface area contributed by atoms with Gasteiger partial charge in [0.25, 0.3) is 10.0 Å². The van der Waals surface area contributed by atoms with Crippen LogP contribution in [0.4, 0.5) is 0 Å². The summed E-state index contributed by atoms with van der Waals surface area (Å²) in [6.45, 7) is 4.09. The van der Waals surface area contributed by atoms with Crippen molar-refractivity contribution in [2.45, 2.75) is 31.3 Å². The van der Waals surface area contributed by atoms with Crippen molar-refractivity contribution in [3.8, 4) is 6.07 Å². The van der Waals surface area contributed by atoms with E-state index in [2.05, 4.69) is 35.2 Å². The molecule has 5 nitrogen and oxygen atoms in total. The lowest BCUT2D eigenvalue weighted by molar-refractivity contribution is 0.259. The van der Waals surface area contributed by atoms with Crippen LogP contribution in [0, 0.1) is 18.3 Å². The van der Waals surface area contributed by atoms with Crippen LogP contribution in [-0.4, -0.2) is 23.8 Å². The molecule has 0 aliphatic rings. The largest absolute Gasteiger partial charge is 0.294 e. The molecule has 38 heavy (non-hydrogen) atoms. The second-order valence-corrected chi connectivity index (χ2v) is 11.3. The Morgan fingerprint density at radius 1 is 0.789 bits per heavy atom. The molecule has 0 unspecified atom stereocenters. The molecule has 0 saturated carbocycles. The van der Waals surface area contributed by atoms with Gasteiger partial charge in [0.05, 0.1) is 22.0 Å². The molecule has 190 valence electrons. The van der Waals surface area contributed by atoms with E-state index >= 15 is 0 Å². The van der Waals surface area contributed by atoms with Gasteiger partial charge in [-0.3, -0.25) is 4.90 Å². The van der Waals surface area contributed by atoms with Crippen LogP contribution in [0.5, 0.6) is 0 Å². The molecule has 5 aromatic rings. The van der Waals surface area contributed by atoms with Gasteiger partial charge in [-0.15, -0.1) is 0 Å². The van der Waals surface area contributed by atoms with Gasteiger partial charge in [0.2, 0.25) is 0 Å². The third-order valence-corrected chi connectivity index (χ3v) is 8.48. The van der Waals surface area contributed by atoms with Crippen LogP contribution in [0.3, 0.4) is 0 Å². The third-order valence-electron chi connectivity index (χ3n) is 6.70. The van der Waals surface area contributed by atoms with Gasteiger partial charge in [-0.05, 0) is 48.4 Å². The number of aromatic nitrogens is 1. The maximum atomic E-state index is 13.9. The molecule has 4 aromatic carbocycles. The Bertz CT molecular complexity index is 1640. The number of nitriles is 1. The van der Waals surface area contributed by atoms with Crippen LogP contribution in [-0.2, 0) is 29.5 Å². The molecular weight excluding hydrogens is 490 g/mol. The number of fused-ring (bicyclic) bond motifs is 1. The summed E-state index contributed by atoms with van der Waals surface area (Å²) >= 11 is 0. The van der Waals surface area contributed by atoms with Gasteiger partial charge >= 0.3 is 0 Å². The standard InChI is InChI=1S/C32H29N3O2S/c1-25-12-16-31(17-13-25)38(36,37)35-30(21-29-15-14-28(22-33)20-32(29)35)18-19-34(23-26-8-4-2-5-9-26)24-27-10-6-3-7-11-27/h2-17,20-21H,18-19,23-24H2,1H3. The zero-order valence-corrected chi connectivity index (χ0v) is 22.1. The maximum Gasteiger partial charge on any atom is 0.268 e. The molecule has 0 radical (unpaired) electrons. The Kier molecular flexibility index (Phi) is 7.41. The van der Waals surface area contributed by atoms with Crippen molar-refractivity contribution in [1.29, 1.82) is 5.26 Å². The highest BCUT2D eigenvalue weighted by molar-refractivity contribution is 7.90. The number of hydrogen-bond donors (Lipinski definition) is 0. The minimum absolute atomic E-state index is 0.231. The van der Waals surface area contributed by atoms with Crippen LogP contribution >= 0.6 is 0 Å². The Morgan fingerprint density at radius 3 is 1.97 bits per heavy atom. The van der Waals surface area contributed by atoms with Crippen molar-refractivity contribution in [2.75, 3.05) is 6.54 Å². The molecule has 5 rings (SSSR count). The Balaban J connectivity index is 1.53. The summed E-state index contributed by atoms with van der Waals surface area (Å²) in [6, 6.07) is 36.8. The number of rotatable bonds is 9. The van der Waals surface area contributed by atoms with Crippen LogP contribution in [0.2, 0.25) is 0 Å². The van der Waals surface area contributed by atoms with E-state index in [0.29, 0.717) is 29.7 Å². The second kappa shape index (κ2) is 11.1. The summed E-state index contributed by atoms with van der Waals surface area (Å²) in [5.74, 6) is 0. The summed E-state index contributed by atoms with van der Waals surface area (Å²) in [5.41, 5.74) is 5.05. The van der Waals surface area contributed by atoms with E-state index < -0.39 is 10.0 Å². The van der Waals surface area contributed by atoms with E-state index in [1.54, 1.807) is 36.4 Å². The fraction of sp³-hybridized carbons (Fsp3) is 0.156. The summed E-state index contributed by atoms with van der Waals surface area (Å²) in [7, 11) is -3.87. The molecule has 0 saturated heterocycles. The first-order valence-corrected chi connectivity index (χ1v) is 14.0. The quantitative estimate of drug-likeness (QED) is 0.229. The van der Waals surface area contributed by atoms with Gasteiger partial charge in [-0.2, -0.15) is 5.26 Å². The minimum atomic E-state index is -3.87. The zero-order valence-electron chi connectivity index (χ0n) is 21.3. The van der Waals surface area contributed by atoms with E-state index in [1.165, 1.54) is 15.1 Å². The first-order chi connectivity index (χ1) is 18.4. The molecule has 0 amide bonds. The third kappa shape index (κ3) is 5.55. The zero-order chi connectivity index (χ0) is 26.5. The average molecular weight is 520 g/mol. The van der Waals surface area contributed by atoms with Gasteiger partial charge in [0.1, 0.15) is 0 Å². The number of hydrogen-bond acceptors (Lipinski definition) is 4. The first-order valence-electron chi connectivity index (χ1n) is 12.6. The summed E-state index contributed by atoms with van der Waals surface area (Å²) in [6.07, 6.45) is 0.529. The van der Waals surface area contributed by atoms with E-state index in [9.17, 15) is 13.7 Å². The predicted molar refractivity (Wildman–Crippen MR) is 151 cm³/mol. The molecule has 1 aromatic heterocycles. The molecule has 0 fully saturated rings. The van der Waals surface area contributed by atoms with E-state index in [1.807, 2.05) is 55.5 Å². The van der Waals surface area contributed by atoms with E-state index in [0.717, 1.165) is 24.0 Å². The fourth-order valence-corrected chi connectivity index (χ4v) is 6.31. The molecule has 6 heteroatoms. The van der Waals surface area contributed by atoms with Crippen LogP contribution < -0.4 is 0 Å². The van der Waals surface area contributed by atoms with Crippen molar-refractivity contribution in [3.63, 3.8) is 0 Å². The number of nitrogens with zero attached hydrogens (tertiary/aromatic N) is 3.